The van der Waals surface area contributed by atoms with Crippen LogP contribution in [0.15, 0.2) is 59.4 Å². The molecule has 3 aromatic rings. The highest BCUT2D eigenvalue weighted by atomic mass is 16.5. The number of pyridine rings is 1. The molecule has 1 aromatic carbocycles. The van der Waals surface area contributed by atoms with Gasteiger partial charge < -0.3 is 9.47 Å². The molecule has 138 valence electrons. The van der Waals surface area contributed by atoms with Crippen LogP contribution in [0.3, 0.4) is 0 Å². The number of ether oxygens (including phenoxy) is 2. The molecule has 0 fully saturated rings. The van der Waals surface area contributed by atoms with Crippen LogP contribution in [0.2, 0.25) is 0 Å². The van der Waals surface area contributed by atoms with Crippen molar-refractivity contribution in [3.05, 3.63) is 81.9 Å². The van der Waals surface area contributed by atoms with Gasteiger partial charge in [0.1, 0.15) is 18.0 Å². The highest BCUT2D eigenvalue weighted by Crippen LogP contribution is 2.19. The van der Waals surface area contributed by atoms with Gasteiger partial charge in [0.15, 0.2) is 0 Å². The van der Waals surface area contributed by atoms with Crippen molar-refractivity contribution in [2.75, 3.05) is 6.61 Å². The lowest BCUT2D eigenvalue weighted by Gasteiger charge is -2.07. The molecule has 0 spiro atoms. The molecule has 2 heterocycles. The topological polar surface area (TPSA) is 69.9 Å². The van der Waals surface area contributed by atoms with Crippen molar-refractivity contribution in [3.8, 4) is 5.75 Å². The molecule has 0 aliphatic carbocycles. The zero-order valence-corrected chi connectivity index (χ0v) is 15.2. The fraction of sp³-hybridized carbons (Fsp3) is 0.190. The second-order valence-corrected chi connectivity index (χ2v) is 5.86. The summed E-state index contributed by atoms with van der Waals surface area (Å²) < 4.78 is 12.2. The quantitative estimate of drug-likeness (QED) is 0.496. The average molecular weight is 364 g/mol. The number of esters is 1. The van der Waals surface area contributed by atoms with Crippen molar-refractivity contribution in [2.45, 2.75) is 20.5 Å². The Morgan fingerprint density at radius 1 is 1.19 bits per heavy atom. The Kier molecular flexibility index (Phi) is 5.66. The van der Waals surface area contributed by atoms with Crippen LogP contribution in [-0.2, 0) is 16.1 Å². The van der Waals surface area contributed by atoms with Crippen LogP contribution in [-0.4, -0.2) is 22.0 Å². The Bertz CT molecular complexity index is 1050. The highest BCUT2D eigenvalue weighted by molar-refractivity contribution is 5.87. The molecule has 0 atom stereocenters. The van der Waals surface area contributed by atoms with Crippen molar-refractivity contribution in [2.24, 2.45) is 0 Å². The van der Waals surface area contributed by atoms with Crippen LogP contribution in [0, 0.1) is 6.92 Å². The van der Waals surface area contributed by atoms with Gasteiger partial charge in [-0.3, -0.25) is 9.20 Å². The van der Waals surface area contributed by atoms with E-state index in [1.165, 1.54) is 16.5 Å². The highest BCUT2D eigenvalue weighted by Gasteiger charge is 2.06. The van der Waals surface area contributed by atoms with Gasteiger partial charge in [0.25, 0.3) is 5.56 Å². The van der Waals surface area contributed by atoms with E-state index in [4.69, 9.17) is 9.47 Å². The zero-order chi connectivity index (χ0) is 19.2. The van der Waals surface area contributed by atoms with Crippen LogP contribution in [0.1, 0.15) is 23.9 Å². The lowest BCUT2D eigenvalue weighted by Crippen LogP contribution is -2.18. The number of fused-ring (bicyclic) bond motifs is 1. The molecule has 0 N–H and O–H groups in total. The summed E-state index contributed by atoms with van der Waals surface area (Å²) in [6, 6.07) is 14.2. The zero-order valence-electron chi connectivity index (χ0n) is 15.2. The summed E-state index contributed by atoms with van der Waals surface area (Å²) in [5.74, 6) is 0.177. The molecule has 0 saturated heterocycles. The molecule has 6 nitrogen and oxygen atoms in total. The van der Waals surface area contributed by atoms with E-state index in [0.29, 0.717) is 23.7 Å². The van der Waals surface area contributed by atoms with Gasteiger partial charge in [-0.15, -0.1) is 0 Å². The predicted octanol–water partition coefficient (Wildman–Crippen LogP) is 3.16. The second-order valence-electron chi connectivity index (χ2n) is 5.86. The van der Waals surface area contributed by atoms with Gasteiger partial charge in [0, 0.05) is 23.4 Å². The Morgan fingerprint density at radius 3 is 2.81 bits per heavy atom. The molecular weight excluding hydrogens is 344 g/mol. The summed E-state index contributed by atoms with van der Waals surface area (Å²) >= 11 is 0. The standard InChI is InChI=1S/C21H20N2O4/c1-3-26-18-9-5-4-8-16(18)11-12-21(25)27-14-17-13-20(24)23-15(2)7-6-10-19(23)22-17/h4-13H,3,14H2,1-2H3/b12-11+. The minimum atomic E-state index is -0.521. The normalized spacial score (nSPS) is 11.0. The van der Waals surface area contributed by atoms with Gasteiger partial charge in [-0.1, -0.05) is 24.3 Å². The van der Waals surface area contributed by atoms with E-state index in [1.807, 2.05) is 50.2 Å². The van der Waals surface area contributed by atoms with Crippen molar-refractivity contribution in [1.82, 2.24) is 9.38 Å². The fourth-order valence-corrected chi connectivity index (χ4v) is 2.69. The van der Waals surface area contributed by atoms with Gasteiger partial charge in [0.05, 0.1) is 12.3 Å². The molecule has 0 bridgehead atoms. The molecular formula is C21H20N2O4. The van der Waals surface area contributed by atoms with Gasteiger partial charge in [0.2, 0.25) is 0 Å². The molecule has 6 heteroatoms. The third-order valence-corrected chi connectivity index (χ3v) is 3.91. The largest absolute Gasteiger partial charge is 0.493 e. The number of benzene rings is 1. The number of para-hydroxylation sites is 1. The maximum absolute atomic E-state index is 12.2. The van der Waals surface area contributed by atoms with Gasteiger partial charge in [-0.2, -0.15) is 0 Å². The Labute approximate surface area is 156 Å². The molecule has 3 rings (SSSR count). The van der Waals surface area contributed by atoms with E-state index >= 15 is 0 Å². The maximum atomic E-state index is 12.2. The van der Waals surface area contributed by atoms with Crippen molar-refractivity contribution in [1.29, 1.82) is 0 Å². The number of carbonyl (C=O) groups is 1. The van der Waals surface area contributed by atoms with Crippen LogP contribution in [0.25, 0.3) is 11.7 Å². The first-order valence-electron chi connectivity index (χ1n) is 8.63. The number of carbonyl (C=O) groups excluding carboxylic acids is 1. The summed E-state index contributed by atoms with van der Waals surface area (Å²) in [6.45, 7) is 4.20. The predicted molar refractivity (Wildman–Crippen MR) is 103 cm³/mol. The SMILES string of the molecule is CCOc1ccccc1/C=C/C(=O)OCc1cc(=O)n2c(C)cccc2n1. The first kappa shape index (κ1) is 18.4. The lowest BCUT2D eigenvalue weighted by molar-refractivity contribution is -0.139. The van der Waals surface area contributed by atoms with Gasteiger partial charge in [-0.25, -0.2) is 9.78 Å². The molecule has 27 heavy (non-hydrogen) atoms. The summed E-state index contributed by atoms with van der Waals surface area (Å²) in [5.41, 5.74) is 2.31. The Morgan fingerprint density at radius 2 is 2.00 bits per heavy atom. The Balaban J connectivity index is 1.69. The molecule has 0 saturated carbocycles. The molecule has 0 aliphatic rings. The number of rotatable bonds is 6. The summed E-state index contributed by atoms with van der Waals surface area (Å²) in [4.78, 5) is 28.6. The molecule has 0 unspecified atom stereocenters. The van der Waals surface area contributed by atoms with E-state index in [1.54, 1.807) is 12.1 Å². The van der Waals surface area contributed by atoms with E-state index in [0.717, 1.165) is 11.3 Å². The molecule has 0 amide bonds. The number of aryl methyl sites for hydroxylation is 1. The first-order valence-corrected chi connectivity index (χ1v) is 8.63. The van der Waals surface area contributed by atoms with Gasteiger partial charge >= 0.3 is 5.97 Å². The second kappa shape index (κ2) is 8.31. The molecule has 0 radical (unpaired) electrons. The monoisotopic (exact) mass is 364 g/mol. The Hall–Kier alpha value is -3.41. The van der Waals surface area contributed by atoms with Crippen molar-refractivity contribution >= 4 is 17.7 Å². The van der Waals surface area contributed by atoms with E-state index in [9.17, 15) is 9.59 Å². The van der Waals surface area contributed by atoms with Crippen molar-refractivity contribution in [3.63, 3.8) is 0 Å². The first-order chi connectivity index (χ1) is 13.1. The van der Waals surface area contributed by atoms with Crippen LogP contribution < -0.4 is 10.3 Å². The van der Waals surface area contributed by atoms with E-state index in [2.05, 4.69) is 4.98 Å². The van der Waals surface area contributed by atoms with Crippen LogP contribution >= 0.6 is 0 Å². The number of aromatic nitrogens is 2. The minimum Gasteiger partial charge on any atom is -0.493 e. The summed E-state index contributed by atoms with van der Waals surface area (Å²) in [6.07, 6.45) is 2.97. The summed E-state index contributed by atoms with van der Waals surface area (Å²) in [7, 11) is 0. The number of hydrogen-bond donors (Lipinski definition) is 0. The van der Waals surface area contributed by atoms with Gasteiger partial charge in [-0.05, 0) is 38.1 Å². The third-order valence-electron chi connectivity index (χ3n) is 3.91. The van der Waals surface area contributed by atoms with E-state index in [-0.39, 0.29) is 12.2 Å². The number of nitrogens with zero attached hydrogens (tertiary/aromatic N) is 2. The molecule has 0 aliphatic heterocycles. The maximum Gasteiger partial charge on any atom is 0.331 e. The minimum absolute atomic E-state index is 0.0735. The fourth-order valence-electron chi connectivity index (χ4n) is 2.69. The summed E-state index contributed by atoms with van der Waals surface area (Å²) in [5, 5.41) is 0. The van der Waals surface area contributed by atoms with Crippen LogP contribution in [0.5, 0.6) is 5.75 Å². The van der Waals surface area contributed by atoms with Crippen LogP contribution in [0.4, 0.5) is 0 Å². The number of hydrogen-bond acceptors (Lipinski definition) is 5. The lowest BCUT2D eigenvalue weighted by atomic mass is 10.2. The smallest absolute Gasteiger partial charge is 0.331 e. The average Bonchev–Trinajstić information content (AvgIpc) is 2.66. The third kappa shape index (κ3) is 4.41. The van der Waals surface area contributed by atoms with Crippen molar-refractivity contribution < 1.29 is 14.3 Å². The van der Waals surface area contributed by atoms with E-state index < -0.39 is 5.97 Å². The molecule has 2 aromatic heterocycles.